The van der Waals surface area contributed by atoms with Gasteiger partial charge < -0.3 is 4.74 Å². The molecule has 0 aliphatic carbocycles. The summed E-state index contributed by atoms with van der Waals surface area (Å²) < 4.78 is 31.8. The molecule has 0 radical (unpaired) electrons. The second-order valence-electron chi connectivity index (χ2n) is 2.66. The molecular weight excluding hydrogens is 256 g/mol. The second-order valence-corrected chi connectivity index (χ2v) is 4.55. The lowest BCUT2D eigenvalue weighted by Crippen LogP contribution is -2.30. The third-order valence-electron chi connectivity index (χ3n) is 1.44. The summed E-state index contributed by atoms with van der Waals surface area (Å²) >= 11 is 5.65. The molecule has 1 aromatic heterocycles. The van der Waals surface area contributed by atoms with Crippen LogP contribution in [0.5, 0.6) is 5.88 Å². The molecule has 1 aromatic rings. The zero-order chi connectivity index (χ0) is 12.2. The summed E-state index contributed by atoms with van der Waals surface area (Å²) in [6, 6.07) is 1.37. The van der Waals surface area contributed by atoms with Gasteiger partial charge in [0.1, 0.15) is 5.15 Å². The van der Waals surface area contributed by atoms with Crippen molar-refractivity contribution in [3.05, 3.63) is 11.2 Å². The van der Waals surface area contributed by atoms with Crippen LogP contribution in [0, 0.1) is 0 Å². The second kappa shape index (κ2) is 5.28. The Bertz CT molecular complexity index is 465. The lowest BCUT2D eigenvalue weighted by atomic mass is 10.6. The molecule has 0 bridgehead atoms. The monoisotopic (exact) mass is 266 g/mol. The fourth-order valence-electron chi connectivity index (χ4n) is 0.893. The molecule has 0 saturated carbocycles. The maximum atomic E-state index is 11.3. The Kier molecular flexibility index (Phi) is 4.27. The summed E-state index contributed by atoms with van der Waals surface area (Å²) in [4.78, 5) is 7.46. The van der Waals surface area contributed by atoms with Crippen molar-refractivity contribution in [2.24, 2.45) is 0 Å². The van der Waals surface area contributed by atoms with Gasteiger partial charge in [0.25, 0.3) is 0 Å². The van der Waals surface area contributed by atoms with Crippen LogP contribution in [0.25, 0.3) is 0 Å². The third-order valence-corrected chi connectivity index (χ3v) is 2.75. The number of methoxy groups -OCH3 is 1. The van der Waals surface area contributed by atoms with Crippen LogP contribution in [0.2, 0.25) is 5.15 Å². The first-order valence-electron chi connectivity index (χ1n) is 4.33. The molecule has 0 saturated heterocycles. The first-order valence-corrected chi connectivity index (χ1v) is 6.19. The highest BCUT2D eigenvalue weighted by Crippen LogP contribution is 2.15. The molecule has 1 rings (SSSR count). The van der Waals surface area contributed by atoms with Crippen molar-refractivity contribution < 1.29 is 13.2 Å². The highest BCUT2D eigenvalue weighted by Gasteiger charge is 2.11. The number of halogens is 1. The van der Waals surface area contributed by atoms with Crippen LogP contribution < -0.4 is 14.2 Å². The molecule has 0 aromatic carbocycles. The van der Waals surface area contributed by atoms with E-state index in [-0.39, 0.29) is 23.5 Å². The molecule has 9 heteroatoms. The normalized spacial score (nSPS) is 11.2. The third kappa shape index (κ3) is 3.80. The highest BCUT2D eigenvalue weighted by atomic mass is 35.5. The largest absolute Gasteiger partial charge is 0.481 e. The number of nitrogens with one attached hydrogen (secondary N) is 2. The number of aromatic nitrogens is 2. The Morgan fingerprint density at radius 2 is 2.19 bits per heavy atom. The smallest absolute Gasteiger partial charge is 0.301 e. The number of ether oxygens (including phenoxy) is 1. The van der Waals surface area contributed by atoms with E-state index in [1.807, 2.05) is 0 Å². The summed E-state index contributed by atoms with van der Waals surface area (Å²) in [6.45, 7) is 1.91. The van der Waals surface area contributed by atoms with Crippen molar-refractivity contribution >= 4 is 27.8 Å². The van der Waals surface area contributed by atoms with E-state index in [0.717, 1.165) is 0 Å². The van der Waals surface area contributed by atoms with Gasteiger partial charge in [-0.15, -0.1) is 0 Å². The molecule has 0 unspecified atom stereocenters. The van der Waals surface area contributed by atoms with Crippen molar-refractivity contribution in [2.75, 3.05) is 18.4 Å². The first kappa shape index (κ1) is 12.9. The SMILES string of the molecule is CCNS(=O)(=O)Nc1nc(Cl)cc(OC)n1. The minimum absolute atomic E-state index is 0.0843. The first-order chi connectivity index (χ1) is 7.46. The minimum atomic E-state index is -3.67. The van der Waals surface area contributed by atoms with Crippen molar-refractivity contribution in [3.8, 4) is 5.88 Å². The predicted octanol–water partition coefficient (Wildman–Crippen LogP) is 0.405. The summed E-state index contributed by atoms with van der Waals surface area (Å²) in [7, 11) is -2.28. The molecule has 0 spiro atoms. The summed E-state index contributed by atoms with van der Waals surface area (Å²) in [6.07, 6.45) is 0. The summed E-state index contributed by atoms with van der Waals surface area (Å²) in [5.41, 5.74) is 0. The quantitative estimate of drug-likeness (QED) is 0.753. The van der Waals surface area contributed by atoms with Gasteiger partial charge >= 0.3 is 10.2 Å². The molecular formula is C7H11ClN4O3S. The number of hydrogen-bond donors (Lipinski definition) is 2. The van der Waals surface area contributed by atoms with Gasteiger partial charge in [0.2, 0.25) is 11.8 Å². The van der Waals surface area contributed by atoms with Crippen LogP contribution in [0.4, 0.5) is 5.95 Å². The molecule has 0 atom stereocenters. The van der Waals surface area contributed by atoms with Crippen LogP contribution in [0.1, 0.15) is 6.92 Å². The predicted molar refractivity (Wildman–Crippen MR) is 59.8 cm³/mol. The molecule has 0 aliphatic rings. The number of rotatable bonds is 5. The van der Waals surface area contributed by atoms with Gasteiger partial charge in [0.15, 0.2) is 0 Å². The van der Waals surface area contributed by atoms with E-state index in [1.165, 1.54) is 13.2 Å². The molecule has 0 aliphatic heterocycles. The fourth-order valence-corrected chi connectivity index (χ4v) is 1.85. The molecule has 90 valence electrons. The van der Waals surface area contributed by atoms with Crippen LogP contribution in [0.15, 0.2) is 6.07 Å². The van der Waals surface area contributed by atoms with Gasteiger partial charge in [0.05, 0.1) is 7.11 Å². The number of hydrogen-bond acceptors (Lipinski definition) is 5. The van der Waals surface area contributed by atoms with Gasteiger partial charge in [-0.25, -0.2) is 9.71 Å². The van der Waals surface area contributed by atoms with E-state index in [0.29, 0.717) is 0 Å². The van der Waals surface area contributed by atoms with Gasteiger partial charge in [-0.05, 0) is 0 Å². The van der Waals surface area contributed by atoms with Crippen molar-refractivity contribution in [1.82, 2.24) is 14.7 Å². The number of anilines is 1. The Morgan fingerprint density at radius 3 is 2.75 bits per heavy atom. The summed E-state index contributed by atoms with van der Waals surface area (Å²) in [5, 5.41) is 0.0843. The van der Waals surface area contributed by atoms with Gasteiger partial charge in [0, 0.05) is 12.6 Å². The average Bonchev–Trinajstić information content (AvgIpc) is 2.15. The Labute approximate surface area is 98.4 Å². The van der Waals surface area contributed by atoms with E-state index >= 15 is 0 Å². The summed E-state index contributed by atoms with van der Waals surface area (Å²) in [5.74, 6) is 0.0273. The zero-order valence-corrected chi connectivity index (χ0v) is 10.3. The molecule has 0 fully saturated rings. The lowest BCUT2D eigenvalue weighted by molar-refractivity contribution is 0.397. The van der Waals surface area contributed by atoms with E-state index in [4.69, 9.17) is 16.3 Å². The van der Waals surface area contributed by atoms with Gasteiger partial charge in [-0.2, -0.15) is 18.1 Å². The minimum Gasteiger partial charge on any atom is -0.481 e. The molecule has 2 N–H and O–H groups in total. The Hall–Kier alpha value is -1.12. The molecule has 16 heavy (non-hydrogen) atoms. The maximum Gasteiger partial charge on any atom is 0.301 e. The van der Waals surface area contributed by atoms with Gasteiger partial charge in [-0.3, -0.25) is 0 Å². The van der Waals surface area contributed by atoms with Crippen LogP contribution in [0.3, 0.4) is 0 Å². The standard InChI is InChI=1S/C7H11ClN4O3S/c1-3-9-16(13,14)12-7-10-5(8)4-6(11-7)15-2/h4,9H,3H2,1-2H3,(H,10,11,12). The van der Waals surface area contributed by atoms with Gasteiger partial charge in [-0.1, -0.05) is 18.5 Å². The lowest BCUT2D eigenvalue weighted by Gasteiger charge is -2.07. The number of nitrogens with zero attached hydrogens (tertiary/aromatic N) is 2. The fraction of sp³-hybridized carbons (Fsp3) is 0.429. The van der Waals surface area contributed by atoms with E-state index in [1.54, 1.807) is 6.92 Å². The molecule has 1 heterocycles. The van der Waals surface area contributed by atoms with Crippen molar-refractivity contribution in [2.45, 2.75) is 6.92 Å². The topological polar surface area (TPSA) is 93.2 Å². The van der Waals surface area contributed by atoms with Crippen molar-refractivity contribution in [1.29, 1.82) is 0 Å². The molecule has 7 nitrogen and oxygen atoms in total. The Balaban J connectivity index is 2.93. The highest BCUT2D eigenvalue weighted by molar-refractivity contribution is 7.90. The average molecular weight is 267 g/mol. The van der Waals surface area contributed by atoms with Crippen LogP contribution in [-0.4, -0.2) is 32.0 Å². The van der Waals surface area contributed by atoms with E-state index < -0.39 is 10.2 Å². The van der Waals surface area contributed by atoms with E-state index in [2.05, 4.69) is 19.4 Å². The Morgan fingerprint density at radius 1 is 1.50 bits per heavy atom. The van der Waals surface area contributed by atoms with Crippen LogP contribution >= 0.6 is 11.6 Å². The molecule has 0 amide bonds. The zero-order valence-electron chi connectivity index (χ0n) is 8.69. The maximum absolute atomic E-state index is 11.3. The van der Waals surface area contributed by atoms with Crippen LogP contribution in [-0.2, 0) is 10.2 Å². The van der Waals surface area contributed by atoms with Crippen molar-refractivity contribution in [3.63, 3.8) is 0 Å². The van der Waals surface area contributed by atoms with E-state index in [9.17, 15) is 8.42 Å².